The van der Waals surface area contributed by atoms with Crippen LogP contribution in [0.15, 0.2) is 49.6 Å². The summed E-state index contributed by atoms with van der Waals surface area (Å²) < 4.78 is 0. The highest BCUT2D eigenvalue weighted by atomic mass is 15.1. The van der Waals surface area contributed by atoms with Crippen LogP contribution in [-0.4, -0.2) is 24.5 Å². The maximum Gasteiger partial charge on any atom is 0.00926 e. The SMILES string of the molecule is C=CC.C=CCCCCCCCC(CCCCC1CCCN1C)CCC(=C)CCCCCCCCCC/C=C\CCCCC.CC. The van der Waals surface area contributed by atoms with Gasteiger partial charge in [-0.3, -0.25) is 0 Å². The summed E-state index contributed by atoms with van der Waals surface area (Å²) in [5, 5.41) is 0. The first-order valence-corrected chi connectivity index (χ1v) is 20.8. The lowest BCUT2D eigenvalue weighted by atomic mass is 9.88. The number of hydrogen-bond donors (Lipinski definition) is 0. The lowest BCUT2D eigenvalue weighted by Gasteiger charge is -2.21. The van der Waals surface area contributed by atoms with Gasteiger partial charge in [0.05, 0.1) is 0 Å². The van der Waals surface area contributed by atoms with Crippen molar-refractivity contribution in [1.29, 1.82) is 0 Å². The predicted molar refractivity (Wildman–Crippen MR) is 215 cm³/mol. The molecule has 0 amide bonds. The fourth-order valence-corrected chi connectivity index (χ4v) is 6.82. The van der Waals surface area contributed by atoms with E-state index in [4.69, 9.17) is 0 Å². The molecule has 1 saturated heterocycles. The molecule has 0 aliphatic carbocycles. The molecule has 0 saturated carbocycles. The molecule has 2 atom stereocenters. The number of likely N-dealkylation sites (tertiary alicyclic amines) is 1. The van der Waals surface area contributed by atoms with Gasteiger partial charge in [-0.05, 0) is 110 Å². The maximum atomic E-state index is 4.51. The number of nitrogens with zero attached hydrogens (tertiary/aromatic N) is 1. The molecule has 1 fully saturated rings. The molecule has 1 heteroatoms. The summed E-state index contributed by atoms with van der Waals surface area (Å²) in [6.45, 7) is 21.2. The van der Waals surface area contributed by atoms with Gasteiger partial charge >= 0.3 is 0 Å². The highest BCUT2D eigenvalue weighted by Gasteiger charge is 2.20. The predicted octanol–water partition coefficient (Wildman–Crippen LogP) is 15.8. The quantitative estimate of drug-likeness (QED) is 0.0538. The van der Waals surface area contributed by atoms with Gasteiger partial charge in [0.1, 0.15) is 0 Å². The smallest absolute Gasteiger partial charge is 0.00926 e. The average molecular weight is 642 g/mol. The summed E-state index contributed by atoms with van der Waals surface area (Å²) in [5.41, 5.74) is 1.54. The molecule has 0 spiro atoms. The second-order valence-corrected chi connectivity index (χ2v) is 14.1. The van der Waals surface area contributed by atoms with Crippen LogP contribution < -0.4 is 0 Å². The first-order chi connectivity index (χ1) is 22.6. The minimum absolute atomic E-state index is 0.871. The lowest BCUT2D eigenvalue weighted by Crippen LogP contribution is -2.24. The normalized spacial score (nSPS) is 15.2. The van der Waals surface area contributed by atoms with E-state index in [1.165, 1.54) is 198 Å². The van der Waals surface area contributed by atoms with Crippen LogP contribution in [-0.2, 0) is 0 Å². The Morgan fingerprint density at radius 3 is 1.72 bits per heavy atom. The van der Waals surface area contributed by atoms with Crippen molar-refractivity contribution >= 4 is 0 Å². The largest absolute Gasteiger partial charge is 0.303 e. The van der Waals surface area contributed by atoms with Gasteiger partial charge in [-0.2, -0.15) is 0 Å². The van der Waals surface area contributed by atoms with Crippen LogP contribution in [0.5, 0.6) is 0 Å². The third-order valence-corrected chi connectivity index (χ3v) is 9.79. The summed E-state index contributed by atoms with van der Waals surface area (Å²) >= 11 is 0. The van der Waals surface area contributed by atoms with Crippen molar-refractivity contribution in [2.45, 2.75) is 220 Å². The Morgan fingerprint density at radius 2 is 1.17 bits per heavy atom. The monoisotopic (exact) mass is 642 g/mol. The summed E-state index contributed by atoms with van der Waals surface area (Å²) in [6.07, 6.45) is 48.8. The van der Waals surface area contributed by atoms with Crippen LogP contribution >= 0.6 is 0 Å². The summed E-state index contributed by atoms with van der Waals surface area (Å²) in [6, 6.07) is 0.871. The second kappa shape index (κ2) is 40.1. The molecular weight excluding hydrogens is 555 g/mol. The van der Waals surface area contributed by atoms with E-state index in [9.17, 15) is 0 Å². The van der Waals surface area contributed by atoms with Gasteiger partial charge in [0.2, 0.25) is 0 Å². The Morgan fingerprint density at radius 1 is 0.674 bits per heavy atom. The minimum atomic E-state index is 0.871. The summed E-state index contributed by atoms with van der Waals surface area (Å²) in [4.78, 5) is 2.60. The molecule has 0 N–H and O–H groups in total. The molecule has 2 unspecified atom stereocenters. The van der Waals surface area contributed by atoms with Gasteiger partial charge in [0.25, 0.3) is 0 Å². The standard InChI is InChI=1S/C40H75N.C3H6.C2H6/c1-5-7-9-11-13-14-15-16-17-18-19-20-22-23-25-30-38(3)35-36-39(31-26-24-21-12-10-8-6-2)32-27-28-33-40-34-29-37-41(40)4;1-3-2;1-2/h6,13-14,39-40H,2-3,5,7-12,15-37H2,1,4H3;3H,1H2,2H3;1-2H3/b14-13-;;. The molecule has 0 bridgehead atoms. The van der Waals surface area contributed by atoms with Crippen molar-refractivity contribution in [3.05, 3.63) is 49.6 Å². The lowest BCUT2D eigenvalue weighted by molar-refractivity contribution is 0.284. The highest BCUT2D eigenvalue weighted by Crippen LogP contribution is 2.27. The van der Waals surface area contributed by atoms with Gasteiger partial charge in [0, 0.05) is 6.04 Å². The van der Waals surface area contributed by atoms with E-state index < -0.39 is 0 Å². The van der Waals surface area contributed by atoms with E-state index >= 15 is 0 Å². The second-order valence-electron chi connectivity index (χ2n) is 14.1. The molecule has 272 valence electrons. The average Bonchev–Trinajstić information content (AvgIpc) is 3.48. The van der Waals surface area contributed by atoms with Crippen LogP contribution in [0, 0.1) is 5.92 Å². The third kappa shape index (κ3) is 34.3. The van der Waals surface area contributed by atoms with Gasteiger partial charge in [-0.25, -0.2) is 0 Å². The first-order valence-electron chi connectivity index (χ1n) is 20.8. The third-order valence-electron chi connectivity index (χ3n) is 9.79. The number of hydrogen-bond acceptors (Lipinski definition) is 1. The molecule has 0 aromatic rings. The Balaban J connectivity index is 0. The molecule has 1 nitrogen and oxygen atoms in total. The zero-order valence-electron chi connectivity index (χ0n) is 32.7. The molecule has 1 aliphatic rings. The molecule has 1 aliphatic heterocycles. The summed E-state index contributed by atoms with van der Waals surface area (Å²) in [7, 11) is 2.33. The molecule has 1 heterocycles. The molecule has 0 radical (unpaired) electrons. The fraction of sp³-hybridized carbons (Fsp3) is 0.822. The Hall–Kier alpha value is -1.08. The van der Waals surface area contributed by atoms with Crippen LogP contribution in [0.4, 0.5) is 0 Å². The Kier molecular flexibility index (Phi) is 41.0. The van der Waals surface area contributed by atoms with Crippen LogP contribution in [0.25, 0.3) is 0 Å². The van der Waals surface area contributed by atoms with Gasteiger partial charge in [-0.15, -0.1) is 13.2 Å². The maximum absolute atomic E-state index is 4.51. The van der Waals surface area contributed by atoms with Gasteiger partial charge in [0.15, 0.2) is 0 Å². The van der Waals surface area contributed by atoms with E-state index in [2.05, 4.69) is 56.8 Å². The van der Waals surface area contributed by atoms with E-state index in [0.717, 1.165) is 12.0 Å². The highest BCUT2D eigenvalue weighted by molar-refractivity contribution is 4.94. The molecule has 1 rings (SSSR count). The number of allylic oxidation sites excluding steroid dienone is 5. The van der Waals surface area contributed by atoms with Crippen LogP contribution in [0.2, 0.25) is 0 Å². The Labute approximate surface area is 293 Å². The minimum Gasteiger partial charge on any atom is -0.303 e. The van der Waals surface area contributed by atoms with Crippen molar-refractivity contribution in [2.75, 3.05) is 13.6 Å². The van der Waals surface area contributed by atoms with Crippen molar-refractivity contribution in [2.24, 2.45) is 5.92 Å². The van der Waals surface area contributed by atoms with Crippen molar-refractivity contribution in [3.63, 3.8) is 0 Å². The zero-order chi connectivity index (χ0) is 34.4. The van der Waals surface area contributed by atoms with E-state index in [1.54, 1.807) is 6.08 Å². The topological polar surface area (TPSA) is 3.24 Å². The fourth-order valence-electron chi connectivity index (χ4n) is 6.82. The number of unbranched alkanes of at least 4 members (excludes halogenated alkanes) is 17. The van der Waals surface area contributed by atoms with E-state index in [0.29, 0.717) is 0 Å². The van der Waals surface area contributed by atoms with Gasteiger partial charge < -0.3 is 4.90 Å². The van der Waals surface area contributed by atoms with E-state index in [-0.39, 0.29) is 0 Å². The van der Waals surface area contributed by atoms with Crippen molar-refractivity contribution < 1.29 is 0 Å². The van der Waals surface area contributed by atoms with Crippen molar-refractivity contribution in [3.8, 4) is 0 Å². The van der Waals surface area contributed by atoms with Crippen molar-refractivity contribution in [1.82, 2.24) is 4.90 Å². The van der Waals surface area contributed by atoms with Crippen LogP contribution in [0.1, 0.15) is 214 Å². The van der Waals surface area contributed by atoms with Gasteiger partial charge in [-0.1, -0.05) is 160 Å². The first kappa shape index (κ1) is 47.0. The molecule has 46 heavy (non-hydrogen) atoms. The van der Waals surface area contributed by atoms with Crippen LogP contribution in [0.3, 0.4) is 0 Å². The molecule has 0 aromatic heterocycles. The molecular formula is C45H87N. The Bertz CT molecular complexity index is 645. The zero-order valence-corrected chi connectivity index (χ0v) is 32.7. The van der Waals surface area contributed by atoms with E-state index in [1.807, 2.05) is 20.8 Å². The molecule has 0 aromatic carbocycles. The summed E-state index contributed by atoms with van der Waals surface area (Å²) in [5.74, 6) is 0.929. The number of rotatable bonds is 31.